The Bertz CT molecular complexity index is 1310. The fraction of sp³-hybridized carbons (Fsp3) is 0.160. The number of ether oxygens (including phenoxy) is 3. The zero-order valence-electron chi connectivity index (χ0n) is 18.8. The van der Waals surface area contributed by atoms with Crippen molar-refractivity contribution >= 4 is 28.4 Å². The number of amides is 1. The molecule has 0 unspecified atom stereocenters. The fourth-order valence-corrected chi connectivity index (χ4v) is 3.48. The summed E-state index contributed by atoms with van der Waals surface area (Å²) in [7, 11) is 6.51. The van der Waals surface area contributed by atoms with Gasteiger partial charge in [-0.05, 0) is 42.5 Å². The summed E-state index contributed by atoms with van der Waals surface area (Å²) in [6.45, 7) is 0. The van der Waals surface area contributed by atoms with Gasteiger partial charge in [-0.15, -0.1) is 0 Å². The fourth-order valence-electron chi connectivity index (χ4n) is 3.48. The maximum atomic E-state index is 12.7. The first-order valence-electron chi connectivity index (χ1n) is 10.2. The SMILES string of the molecule is CNc1nc(-c2cccc(NC(=O)c3ccc(OC)cc3)c2)c2cc(OC)c(OC)cc2n1. The molecule has 0 fully saturated rings. The van der Waals surface area contributed by atoms with Gasteiger partial charge in [-0.3, -0.25) is 4.79 Å². The van der Waals surface area contributed by atoms with Crippen molar-refractivity contribution in [2.45, 2.75) is 0 Å². The van der Waals surface area contributed by atoms with Gasteiger partial charge in [0, 0.05) is 35.3 Å². The number of carbonyl (C=O) groups excluding carboxylic acids is 1. The summed E-state index contributed by atoms with van der Waals surface area (Å²) in [4.78, 5) is 21.9. The molecule has 1 heterocycles. The molecule has 33 heavy (non-hydrogen) atoms. The molecule has 168 valence electrons. The van der Waals surface area contributed by atoms with Crippen LogP contribution >= 0.6 is 0 Å². The number of hydrogen-bond acceptors (Lipinski definition) is 7. The van der Waals surface area contributed by atoms with E-state index >= 15 is 0 Å². The van der Waals surface area contributed by atoms with E-state index in [9.17, 15) is 4.79 Å². The van der Waals surface area contributed by atoms with Crippen molar-refractivity contribution < 1.29 is 19.0 Å². The summed E-state index contributed by atoms with van der Waals surface area (Å²) >= 11 is 0. The summed E-state index contributed by atoms with van der Waals surface area (Å²) in [5.41, 5.74) is 3.40. The number of aromatic nitrogens is 2. The minimum atomic E-state index is -0.218. The standard InChI is InChI=1S/C25H24N4O4/c1-26-25-28-20-14-22(33-4)21(32-3)13-19(20)23(29-25)16-6-5-7-17(12-16)27-24(30)15-8-10-18(31-2)11-9-15/h5-14H,1-4H3,(H,27,30)(H,26,28,29). The number of carbonyl (C=O) groups is 1. The van der Waals surface area contributed by atoms with Gasteiger partial charge in [0.15, 0.2) is 11.5 Å². The highest BCUT2D eigenvalue weighted by molar-refractivity contribution is 6.05. The van der Waals surface area contributed by atoms with Crippen LogP contribution in [0.5, 0.6) is 17.2 Å². The number of nitrogens with zero attached hydrogens (tertiary/aromatic N) is 2. The highest BCUT2D eigenvalue weighted by Gasteiger charge is 2.15. The van der Waals surface area contributed by atoms with Crippen molar-refractivity contribution in [2.75, 3.05) is 39.0 Å². The average Bonchev–Trinajstić information content (AvgIpc) is 2.87. The van der Waals surface area contributed by atoms with Crippen LogP contribution in [0.1, 0.15) is 10.4 Å². The van der Waals surface area contributed by atoms with E-state index in [-0.39, 0.29) is 5.91 Å². The van der Waals surface area contributed by atoms with E-state index in [1.807, 2.05) is 36.4 Å². The van der Waals surface area contributed by atoms with Crippen LogP contribution in [-0.2, 0) is 0 Å². The average molecular weight is 444 g/mol. The van der Waals surface area contributed by atoms with Crippen LogP contribution in [0.2, 0.25) is 0 Å². The lowest BCUT2D eigenvalue weighted by molar-refractivity contribution is 0.102. The molecule has 4 aromatic rings. The molecular formula is C25H24N4O4. The molecule has 0 aliphatic rings. The molecule has 4 rings (SSSR count). The minimum Gasteiger partial charge on any atom is -0.497 e. The van der Waals surface area contributed by atoms with Crippen LogP contribution in [0, 0.1) is 0 Å². The van der Waals surface area contributed by atoms with Gasteiger partial charge in [0.1, 0.15) is 5.75 Å². The maximum Gasteiger partial charge on any atom is 0.255 e. The molecule has 3 aromatic carbocycles. The number of anilines is 2. The Hall–Kier alpha value is -4.33. The van der Waals surface area contributed by atoms with Crippen LogP contribution in [-0.4, -0.2) is 44.3 Å². The van der Waals surface area contributed by atoms with E-state index < -0.39 is 0 Å². The molecule has 8 nitrogen and oxygen atoms in total. The van der Waals surface area contributed by atoms with Gasteiger partial charge in [-0.25, -0.2) is 9.97 Å². The van der Waals surface area contributed by atoms with Crippen LogP contribution in [0.25, 0.3) is 22.2 Å². The number of rotatable bonds is 7. The summed E-state index contributed by atoms with van der Waals surface area (Å²) < 4.78 is 16.0. The van der Waals surface area contributed by atoms with Crippen molar-refractivity contribution in [2.24, 2.45) is 0 Å². The van der Waals surface area contributed by atoms with Crippen LogP contribution in [0.3, 0.4) is 0 Å². The smallest absolute Gasteiger partial charge is 0.255 e. The Labute approximate surface area is 191 Å². The monoisotopic (exact) mass is 444 g/mol. The third-order valence-corrected chi connectivity index (χ3v) is 5.17. The van der Waals surface area contributed by atoms with Gasteiger partial charge < -0.3 is 24.8 Å². The Morgan fingerprint density at radius 2 is 1.58 bits per heavy atom. The van der Waals surface area contributed by atoms with Gasteiger partial charge in [-0.2, -0.15) is 0 Å². The molecule has 1 amide bonds. The van der Waals surface area contributed by atoms with Crippen molar-refractivity contribution in [3.8, 4) is 28.5 Å². The van der Waals surface area contributed by atoms with Crippen molar-refractivity contribution in [3.05, 3.63) is 66.2 Å². The minimum absolute atomic E-state index is 0.218. The third-order valence-electron chi connectivity index (χ3n) is 5.17. The molecule has 0 spiro atoms. The summed E-state index contributed by atoms with van der Waals surface area (Å²) in [5, 5.41) is 6.74. The lowest BCUT2D eigenvalue weighted by atomic mass is 10.0. The van der Waals surface area contributed by atoms with Crippen molar-refractivity contribution in [3.63, 3.8) is 0 Å². The Morgan fingerprint density at radius 3 is 2.24 bits per heavy atom. The third kappa shape index (κ3) is 4.50. The molecule has 0 atom stereocenters. The normalized spacial score (nSPS) is 10.5. The first-order valence-corrected chi connectivity index (χ1v) is 10.2. The Morgan fingerprint density at radius 1 is 0.848 bits per heavy atom. The molecule has 2 N–H and O–H groups in total. The van der Waals surface area contributed by atoms with E-state index in [0.717, 1.165) is 10.9 Å². The van der Waals surface area contributed by atoms with Gasteiger partial charge in [0.25, 0.3) is 5.91 Å². The molecule has 0 aliphatic carbocycles. The zero-order valence-corrected chi connectivity index (χ0v) is 18.8. The predicted octanol–water partition coefficient (Wildman–Crippen LogP) is 4.62. The first-order chi connectivity index (χ1) is 16.1. The molecule has 8 heteroatoms. The van der Waals surface area contributed by atoms with E-state index in [0.29, 0.717) is 45.7 Å². The van der Waals surface area contributed by atoms with Gasteiger partial charge in [0.05, 0.1) is 32.5 Å². The molecule has 0 bridgehead atoms. The summed E-state index contributed by atoms with van der Waals surface area (Å²) in [6.07, 6.45) is 0. The Balaban J connectivity index is 1.73. The number of hydrogen-bond donors (Lipinski definition) is 2. The van der Waals surface area contributed by atoms with E-state index in [2.05, 4.69) is 20.6 Å². The number of benzene rings is 3. The van der Waals surface area contributed by atoms with Gasteiger partial charge in [0.2, 0.25) is 5.95 Å². The molecule has 0 radical (unpaired) electrons. The summed E-state index contributed by atoms with van der Waals surface area (Å²) in [5.74, 6) is 2.10. The van der Waals surface area contributed by atoms with Gasteiger partial charge >= 0.3 is 0 Å². The first kappa shape index (κ1) is 21.9. The highest BCUT2D eigenvalue weighted by Crippen LogP contribution is 2.36. The van der Waals surface area contributed by atoms with Gasteiger partial charge in [-0.1, -0.05) is 12.1 Å². The highest BCUT2D eigenvalue weighted by atomic mass is 16.5. The second kappa shape index (κ2) is 9.44. The predicted molar refractivity (Wildman–Crippen MR) is 129 cm³/mol. The number of fused-ring (bicyclic) bond motifs is 1. The molecule has 0 saturated carbocycles. The van der Waals surface area contributed by atoms with Crippen LogP contribution in [0.15, 0.2) is 60.7 Å². The summed E-state index contributed by atoms with van der Waals surface area (Å²) in [6, 6.07) is 18.1. The second-order valence-electron chi connectivity index (χ2n) is 7.13. The molecular weight excluding hydrogens is 420 g/mol. The number of nitrogens with one attached hydrogen (secondary N) is 2. The van der Waals surface area contributed by atoms with E-state index in [1.165, 1.54) is 0 Å². The maximum absolute atomic E-state index is 12.7. The lowest BCUT2D eigenvalue weighted by Gasteiger charge is -2.13. The molecule has 0 saturated heterocycles. The zero-order chi connectivity index (χ0) is 23.4. The topological polar surface area (TPSA) is 94.6 Å². The number of methoxy groups -OCH3 is 3. The van der Waals surface area contributed by atoms with Crippen molar-refractivity contribution in [1.82, 2.24) is 9.97 Å². The lowest BCUT2D eigenvalue weighted by Crippen LogP contribution is -2.11. The second-order valence-corrected chi connectivity index (χ2v) is 7.13. The molecule has 1 aromatic heterocycles. The molecule has 0 aliphatic heterocycles. The van der Waals surface area contributed by atoms with Crippen LogP contribution < -0.4 is 24.8 Å². The largest absolute Gasteiger partial charge is 0.497 e. The van der Waals surface area contributed by atoms with E-state index in [1.54, 1.807) is 52.6 Å². The quantitative estimate of drug-likeness (QED) is 0.430. The van der Waals surface area contributed by atoms with E-state index in [4.69, 9.17) is 14.2 Å². The van der Waals surface area contributed by atoms with Crippen LogP contribution in [0.4, 0.5) is 11.6 Å². The van der Waals surface area contributed by atoms with Crippen molar-refractivity contribution in [1.29, 1.82) is 0 Å². The Kier molecular flexibility index (Phi) is 6.26.